The maximum Gasteiger partial charge on any atom is 0.251 e. The number of amides is 1. The zero-order chi connectivity index (χ0) is 20.6. The quantitative estimate of drug-likeness (QED) is 0.540. The van der Waals surface area contributed by atoms with Crippen molar-refractivity contribution in [1.29, 1.82) is 5.26 Å². The standard InChI is InChI=1S/C24H22N4O/c1-4-16-9-12-22-18(13-16)15-26-28(22)24(2,3)23(29)27-21-11-10-17(14-25)19-7-5-6-8-20(19)21/h5-13,15H,4H2,1-3H3,(H,27,29). The number of hydrogen-bond donors (Lipinski definition) is 1. The number of fused-ring (bicyclic) bond motifs is 2. The van der Waals surface area contributed by atoms with E-state index in [2.05, 4.69) is 35.5 Å². The van der Waals surface area contributed by atoms with E-state index in [1.54, 1.807) is 23.0 Å². The van der Waals surface area contributed by atoms with Crippen molar-refractivity contribution in [2.45, 2.75) is 32.7 Å². The van der Waals surface area contributed by atoms with Gasteiger partial charge in [0.1, 0.15) is 5.54 Å². The molecule has 1 N–H and O–H groups in total. The first kappa shape index (κ1) is 18.7. The van der Waals surface area contributed by atoms with Crippen molar-refractivity contribution >= 4 is 33.3 Å². The van der Waals surface area contributed by atoms with E-state index in [-0.39, 0.29) is 5.91 Å². The van der Waals surface area contributed by atoms with E-state index >= 15 is 0 Å². The second-order valence-corrected chi connectivity index (χ2v) is 7.63. The minimum Gasteiger partial charge on any atom is -0.323 e. The van der Waals surface area contributed by atoms with E-state index < -0.39 is 5.54 Å². The van der Waals surface area contributed by atoms with Gasteiger partial charge in [-0.2, -0.15) is 10.4 Å². The van der Waals surface area contributed by atoms with Gasteiger partial charge in [-0.1, -0.05) is 37.3 Å². The number of aromatic nitrogens is 2. The van der Waals surface area contributed by atoms with Gasteiger partial charge in [-0.15, -0.1) is 0 Å². The van der Waals surface area contributed by atoms with Gasteiger partial charge in [0.05, 0.1) is 23.3 Å². The highest BCUT2D eigenvalue weighted by Gasteiger charge is 2.32. The number of nitrogens with one attached hydrogen (secondary N) is 1. The van der Waals surface area contributed by atoms with Gasteiger partial charge in [0, 0.05) is 21.8 Å². The molecule has 5 heteroatoms. The zero-order valence-electron chi connectivity index (χ0n) is 16.7. The number of aryl methyl sites for hydroxylation is 1. The van der Waals surface area contributed by atoms with Gasteiger partial charge in [-0.3, -0.25) is 4.79 Å². The first-order valence-electron chi connectivity index (χ1n) is 9.66. The topological polar surface area (TPSA) is 70.7 Å². The van der Waals surface area contributed by atoms with E-state index in [0.717, 1.165) is 28.1 Å². The highest BCUT2D eigenvalue weighted by atomic mass is 16.2. The molecule has 0 bridgehead atoms. The molecule has 144 valence electrons. The maximum atomic E-state index is 13.3. The van der Waals surface area contributed by atoms with Crippen molar-refractivity contribution in [3.63, 3.8) is 0 Å². The lowest BCUT2D eigenvalue weighted by Gasteiger charge is -2.25. The molecule has 3 aromatic carbocycles. The Labute approximate surface area is 169 Å². The van der Waals surface area contributed by atoms with Gasteiger partial charge in [-0.05, 0) is 50.1 Å². The largest absolute Gasteiger partial charge is 0.323 e. The third-order valence-corrected chi connectivity index (χ3v) is 5.42. The molecule has 0 atom stereocenters. The summed E-state index contributed by atoms with van der Waals surface area (Å²) in [6, 6.07) is 19.5. The van der Waals surface area contributed by atoms with Crippen LogP contribution in [0.15, 0.2) is 60.8 Å². The van der Waals surface area contributed by atoms with Crippen LogP contribution in [0, 0.1) is 11.3 Å². The fourth-order valence-electron chi connectivity index (χ4n) is 3.62. The molecule has 0 aliphatic carbocycles. The van der Waals surface area contributed by atoms with E-state index in [4.69, 9.17) is 0 Å². The molecular weight excluding hydrogens is 360 g/mol. The van der Waals surface area contributed by atoms with Crippen molar-refractivity contribution in [2.24, 2.45) is 0 Å². The number of anilines is 1. The molecule has 0 aliphatic rings. The van der Waals surface area contributed by atoms with Gasteiger partial charge in [0.2, 0.25) is 0 Å². The number of carbonyl (C=O) groups excluding carboxylic acids is 1. The highest BCUT2D eigenvalue weighted by molar-refractivity contribution is 6.06. The van der Waals surface area contributed by atoms with E-state index in [0.29, 0.717) is 11.3 Å². The van der Waals surface area contributed by atoms with Crippen LogP contribution in [0.25, 0.3) is 21.7 Å². The Hall–Kier alpha value is -3.65. The molecule has 0 unspecified atom stereocenters. The lowest BCUT2D eigenvalue weighted by Crippen LogP contribution is -2.41. The molecule has 4 aromatic rings. The molecule has 0 radical (unpaired) electrons. The smallest absolute Gasteiger partial charge is 0.251 e. The van der Waals surface area contributed by atoms with E-state index in [1.807, 2.05) is 44.2 Å². The Morgan fingerprint density at radius 2 is 1.90 bits per heavy atom. The summed E-state index contributed by atoms with van der Waals surface area (Å²) in [4.78, 5) is 13.3. The highest BCUT2D eigenvalue weighted by Crippen LogP contribution is 2.29. The van der Waals surface area contributed by atoms with Crippen molar-refractivity contribution in [3.8, 4) is 6.07 Å². The van der Waals surface area contributed by atoms with Crippen LogP contribution in [-0.4, -0.2) is 15.7 Å². The Balaban J connectivity index is 1.72. The third-order valence-electron chi connectivity index (χ3n) is 5.42. The Morgan fingerprint density at radius 1 is 1.14 bits per heavy atom. The molecular formula is C24H22N4O. The first-order chi connectivity index (χ1) is 14.0. The number of carbonyl (C=O) groups is 1. The average Bonchev–Trinajstić information content (AvgIpc) is 3.17. The van der Waals surface area contributed by atoms with Crippen LogP contribution in [0.1, 0.15) is 31.9 Å². The molecule has 1 amide bonds. The maximum absolute atomic E-state index is 13.3. The predicted molar refractivity (Wildman–Crippen MR) is 116 cm³/mol. The molecule has 1 heterocycles. The summed E-state index contributed by atoms with van der Waals surface area (Å²) in [7, 11) is 0. The number of nitriles is 1. The summed E-state index contributed by atoms with van der Waals surface area (Å²) in [5.41, 5.74) is 2.53. The molecule has 0 aliphatic heterocycles. The van der Waals surface area contributed by atoms with Crippen molar-refractivity contribution in [1.82, 2.24) is 9.78 Å². The van der Waals surface area contributed by atoms with E-state index in [9.17, 15) is 10.1 Å². The van der Waals surface area contributed by atoms with Crippen molar-refractivity contribution in [3.05, 3.63) is 71.9 Å². The van der Waals surface area contributed by atoms with Crippen molar-refractivity contribution in [2.75, 3.05) is 5.32 Å². The molecule has 1 aromatic heterocycles. The lowest BCUT2D eigenvalue weighted by atomic mass is 10.0. The molecule has 0 saturated carbocycles. The van der Waals surface area contributed by atoms with Gasteiger partial charge < -0.3 is 5.32 Å². The van der Waals surface area contributed by atoms with Gasteiger partial charge in [-0.25, -0.2) is 4.68 Å². The SMILES string of the molecule is CCc1ccc2c(cnn2C(C)(C)C(=O)Nc2ccc(C#N)c3ccccc23)c1. The van der Waals surface area contributed by atoms with Crippen LogP contribution < -0.4 is 5.32 Å². The molecule has 5 nitrogen and oxygen atoms in total. The Bertz CT molecular complexity index is 1280. The monoisotopic (exact) mass is 382 g/mol. The summed E-state index contributed by atoms with van der Waals surface area (Å²) in [5.74, 6) is -0.170. The minimum atomic E-state index is -0.898. The number of rotatable bonds is 4. The predicted octanol–water partition coefficient (Wildman–Crippen LogP) is 5.00. The van der Waals surface area contributed by atoms with Crippen molar-refractivity contribution < 1.29 is 4.79 Å². The second kappa shape index (κ2) is 7.06. The Kier molecular flexibility index (Phi) is 4.56. The number of hydrogen-bond acceptors (Lipinski definition) is 3. The fraction of sp³-hybridized carbons (Fsp3) is 0.208. The van der Waals surface area contributed by atoms with Gasteiger partial charge in [0.15, 0.2) is 0 Å². The fourth-order valence-corrected chi connectivity index (χ4v) is 3.62. The van der Waals surface area contributed by atoms with Crippen LogP contribution in [0.3, 0.4) is 0 Å². The third kappa shape index (κ3) is 3.13. The first-order valence-corrected chi connectivity index (χ1v) is 9.66. The summed E-state index contributed by atoms with van der Waals surface area (Å²) in [5, 5.41) is 19.6. The van der Waals surface area contributed by atoms with Gasteiger partial charge >= 0.3 is 0 Å². The van der Waals surface area contributed by atoms with Gasteiger partial charge in [0.25, 0.3) is 5.91 Å². The molecule has 0 fully saturated rings. The summed E-state index contributed by atoms with van der Waals surface area (Å²) in [6.45, 7) is 5.83. The number of nitrogens with zero attached hydrogens (tertiary/aromatic N) is 3. The molecule has 0 spiro atoms. The Morgan fingerprint density at radius 3 is 2.62 bits per heavy atom. The minimum absolute atomic E-state index is 0.170. The second-order valence-electron chi connectivity index (χ2n) is 7.63. The van der Waals surface area contributed by atoms with Crippen LogP contribution in [0.5, 0.6) is 0 Å². The molecule has 4 rings (SSSR count). The van der Waals surface area contributed by atoms with Crippen LogP contribution in [-0.2, 0) is 16.8 Å². The summed E-state index contributed by atoms with van der Waals surface area (Å²) in [6.07, 6.45) is 2.76. The van der Waals surface area contributed by atoms with E-state index in [1.165, 1.54) is 5.56 Å². The molecule has 29 heavy (non-hydrogen) atoms. The summed E-state index contributed by atoms with van der Waals surface area (Å²) < 4.78 is 1.77. The summed E-state index contributed by atoms with van der Waals surface area (Å²) >= 11 is 0. The lowest BCUT2D eigenvalue weighted by molar-refractivity contribution is -0.123. The zero-order valence-corrected chi connectivity index (χ0v) is 16.7. The average molecular weight is 382 g/mol. The number of benzene rings is 3. The van der Waals surface area contributed by atoms with Crippen LogP contribution in [0.2, 0.25) is 0 Å². The van der Waals surface area contributed by atoms with Crippen LogP contribution in [0.4, 0.5) is 5.69 Å². The molecule has 0 saturated heterocycles. The normalized spacial score (nSPS) is 11.5. The van der Waals surface area contributed by atoms with Crippen LogP contribution >= 0.6 is 0 Å².